The van der Waals surface area contributed by atoms with Crippen LogP contribution >= 0.6 is 0 Å². The second kappa shape index (κ2) is 7.58. The summed E-state index contributed by atoms with van der Waals surface area (Å²) in [6.07, 6.45) is 0.105. The van der Waals surface area contributed by atoms with E-state index in [2.05, 4.69) is 24.3 Å². The van der Waals surface area contributed by atoms with Gasteiger partial charge in [-0.25, -0.2) is 4.79 Å². The molecule has 4 rings (SSSR count). The number of hydrogen-bond donors (Lipinski definition) is 2. The highest BCUT2D eigenvalue weighted by atomic mass is 16.5. The molecular weight excluding hydrogens is 350 g/mol. The van der Waals surface area contributed by atoms with Crippen molar-refractivity contribution in [3.05, 3.63) is 95.6 Å². The standard InChI is InChI=1S/C24H23NO3/c25-24(14-15-26,17-8-2-1-3-9-17)23(27)28-16-22-20-12-6-4-10-18(20)19-11-5-7-13-21(19)22/h1-13,22,26H,14-16,25H2/t24-/m0/s1. The number of esters is 1. The lowest BCUT2D eigenvalue weighted by atomic mass is 9.88. The molecule has 0 bridgehead atoms. The molecule has 0 unspecified atom stereocenters. The molecule has 0 fully saturated rings. The Labute approximate surface area is 164 Å². The van der Waals surface area contributed by atoms with Crippen molar-refractivity contribution in [2.24, 2.45) is 5.73 Å². The number of ether oxygens (including phenoxy) is 1. The van der Waals surface area contributed by atoms with Gasteiger partial charge in [0.25, 0.3) is 0 Å². The molecule has 4 nitrogen and oxygen atoms in total. The largest absolute Gasteiger partial charge is 0.463 e. The smallest absolute Gasteiger partial charge is 0.330 e. The van der Waals surface area contributed by atoms with Gasteiger partial charge >= 0.3 is 5.97 Å². The first-order valence-electron chi connectivity index (χ1n) is 9.46. The van der Waals surface area contributed by atoms with Crippen molar-refractivity contribution < 1.29 is 14.6 Å². The Morgan fingerprint density at radius 3 is 2.00 bits per heavy atom. The fourth-order valence-electron chi connectivity index (χ4n) is 4.00. The van der Waals surface area contributed by atoms with Crippen molar-refractivity contribution in [2.45, 2.75) is 17.9 Å². The molecule has 0 radical (unpaired) electrons. The number of aliphatic hydroxyl groups is 1. The summed E-state index contributed by atoms with van der Waals surface area (Å²) < 4.78 is 5.74. The number of fused-ring (bicyclic) bond motifs is 3. The molecule has 0 saturated carbocycles. The van der Waals surface area contributed by atoms with Crippen LogP contribution in [0.25, 0.3) is 11.1 Å². The minimum Gasteiger partial charge on any atom is -0.463 e. The third-order valence-electron chi connectivity index (χ3n) is 5.50. The van der Waals surface area contributed by atoms with Crippen molar-refractivity contribution in [1.82, 2.24) is 0 Å². The molecule has 1 aliphatic carbocycles. The van der Waals surface area contributed by atoms with Gasteiger partial charge in [-0.05, 0) is 27.8 Å². The average molecular weight is 373 g/mol. The molecule has 1 atom stereocenters. The Morgan fingerprint density at radius 1 is 0.893 bits per heavy atom. The van der Waals surface area contributed by atoms with Crippen molar-refractivity contribution in [3.8, 4) is 11.1 Å². The molecule has 3 aromatic rings. The van der Waals surface area contributed by atoms with Crippen molar-refractivity contribution >= 4 is 5.97 Å². The summed E-state index contributed by atoms with van der Waals surface area (Å²) in [5, 5.41) is 9.46. The Bertz CT molecular complexity index is 940. The van der Waals surface area contributed by atoms with E-state index in [1.807, 2.05) is 42.5 Å². The summed E-state index contributed by atoms with van der Waals surface area (Å²) in [4.78, 5) is 13.0. The molecule has 0 aromatic heterocycles. The van der Waals surface area contributed by atoms with Crippen molar-refractivity contribution in [2.75, 3.05) is 13.2 Å². The van der Waals surface area contributed by atoms with E-state index in [4.69, 9.17) is 10.5 Å². The van der Waals surface area contributed by atoms with E-state index in [-0.39, 0.29) is 25.6 Å². The van der Waals surface area contributed by atoms with Gasteiger partial charge in [-0.1, -0.05) is 78.9 Å². The molecule has 1 aliphatic rings. The third-order valence-corrected chi connectivity index (χ3v) is 5.50. The zero-order valence-electron chi connectivity index (χ0n) is 15.5. The lowest BCUT2D eigenvalue weighted by Crippen LogP contribution is -2.47. The van der Waals surface area contributed by atoms with E-state index in [0.717, 1.165) is 11.1 Å². The second-order valence-electron chi connectivity index (χ2n) is 7.14. The van der Waals surface area contributed by atoms with Crippen LogP contribution in [0, 0.1) is 0 Å². The zero-order valence-corrected chi connectivity index (χ0v) is 15.5. The van der Waals surface area contributed by atoms with Gasteiger partial charge in [0.05, 0.1) is 0 Å². The summed E-state index contributed by atoms with van der Waals surface area (Å²) in [6, 6.07) is 25.5. The molecule has 0 aliphatic heterocycles. The monoisotopic (exact) mass is 373 g/mol. The van der Waals surface area contributed by atoms with Crippen LogP contribution in [-0.2, 0) is 15.1 Å². The first-order chi connectivity index (χ1) is 13.6. The van der Waals surface area contributed by atoms with Gasteiger partial charge < -0.3 is 15.6 Å². The maximum absolute atomic E-state index is 13.0. The molecular formula is C24H23NO3. The van der Waals surface area contributed by atoms with Crippen LogP contribution in [0.4, 0.5) is 0 Å². The molecule has 4 heteroatoms. The maximum Gasteiger partial charge on any atom is 0.330 e. The molecule has 0 heterocycles. The second-order valence-corrected chi connectivity index (χ2v) is 7.14. The average Bonchev–Trinajstić information content (AvgIpc) is 3.06. The van der Waals surface area contributed by atoms with Gasteiger partial charge in [0.2, 0.25) is 0 Å². The summed E-state index contributed by atoms with van der Waals surface area (Å²) in [6.45, 7) is 0.0136. The van der Waals surface area contributed by atoms with Crippen LogP contribution < -0.4 is 5.73 Å². The van der Waals surface area contributed by atoms with E-state index < -0.39 is 11.5 Å². The fourth-order valence-corrected chi connectivity index (χ4v) is 4.00. The van der Waals surface area contributed by atoms with E-state index in [0.29, 0.717) is 5.56 Å². The Hall–Kier alpha value is -2.95. The molecule has 0 amide bonds. The van der Waals surface area contributed by atoms with Crippen LogP contribution in [-0.4, -0.2) is 24.3 Å². The number of nitrogens with two attached hydrogens (primary N) is 1. The first-order valence-corrected chi connectivity index (χ1v) is 9.46. The minimum absolute atomic E-state index is 0.0227. The van der Waals surface area contributed by atoms with Crippen molar-refractivity contribution in [1.29, 1.82) is 0 Å². The Balaban J connectivity index is 1.59. The third kappa shape index (κ3) is 3.11. The number of carbonyl (C=O) groups excluding carboxylic acids is 1. The Kier molecular flexibility index (Phi) is 4.99. The van der Waals surface area contributed by atoms with Crippen LogP contribution in [0.1, 0.15) is 29.0 Å². The summed E-state index contributed by atoms with van der Waals surface area (Å²) in [5.74, 6) is -0.542. The summed E-state index contributed by atoms with van der Waals surface area (Å²) in [7, 11) is 0. The normalized spacial score (nSPS) is 14.8. The summed E-state index contributed by atoms with van der Waals surface area (Å²) >= 11 is 0. The number of rotatable bonds is 6. The van der Waals surface area contributed by atoms with Crippen molar-refractivity contribution in [3.63, 3.8) is 0 Å². The predicted molar refractivity (Wildman–Crippen MR) is 109 cm³/mol. The number of aliphatic hydroxyl groups excluding tert-OH is 1. The first kappa shape index (κ1) is 18.4. The molecule has 0 spiro atoms. The number of carbonyl (C=O) groups is 1. The van der Waals surface area contributed by atoms with Gasteiger partial charge in [0.15, 0.2) is 0 Å². The van der Waals surface area contributed by atoms with Gasteiger partial charge in [-0.3, -0.25) is 0 Å². The lowest BCUT2D eigenvalue weighted by molar-refractivity contribution is -0.151. The molecule has 142 valence electrons. The van der Waals surface area contributed by atoms with Crippen LogP contribution in [0.5, 0.6) is 0 Å². The summed E-state index contributed by atoms with van der Waals surface area (Å²) in [5.41, 5.74) is 10.3. The fraction of sp³-hybridized carbons (Fsp3) is 0.208. The molecule has 28 heavy (non-hydrogen) atoms. The number of benzene rings is 3. The van der Waals surface area contributed by atoms with Crippen LogP contribution in [0.2, 0.25) is 0 Å². The topological polar surface area (TPSA) is 72.5 Å². The predicted octanol–water partition coefficient (Wildman–Crippen LogP) is 3.58. The number of hydrogen-bond acceptors (Lipinski definition) is 4. The zero-order chi connectivity index (χ0) is 19.6. The SMILES string of the molecule is N[C@](CCO)(C(=O)OCC1c2ccccc2-c2ccccc21)c1ccccc1. The van der Waals surface area contributed by atoms with Gasteiger partial charge in [-0.15, -0.1) is 0 Å². The van der Waals surface area contributed by atoms with Crippen LogP contribution in [0.3, 0.4) is 0 Å². The van der Waals surface area contributed by atoms with Gasteiger partial charge in [-0.2, -0.15) is 0 Å². The van der Waals surface area contributed by atoms with E-state index in [9.17, 15) is 9.90 Å². The highest BCUT2D eigenvalue weighted by Crippen LogP contribution is 2.44. The van der Waals surface area contributed by atoms with E-state index in [1.54, 1.807) is 12.1 Å². The van der Waals surface area contributed by atoms with E-state index >= 15 is 0 Å². The maximum atomic E-state index is 13.0. The van der Waals surface area contributed by atoms with E-state index in [1.165, 1.54) is 11.1 Å². The molecule has 3 N–H and O–H groups in total. The minimum atomic E-state index is -1.37. The lowest BCUT2D eigenvalue weighted by Gasteiger charge is -2.28. The Morgan fingerprint density at radius 2 is 1.43 bits per heavy atom. The van der Waals surface area contributed by atoms with Gasteiger partial charge in [0.1, 0.15) is 12.1 Å². The van der Waals surface area contributed by atoms with Gasteiger partial charge in [0, 0.05) is 18.9 Å². The highest BCUT2D eigenvalue weighted by molar-refractivity contribution is 5.83. The highest BCUT2D eigenvalue weighted by Gasteiger charge is 2.38. The quantitative estimate of drug-likeness (QED) is 0.648. The van der Waals surface area contributed by atoms with Crippen LogP contribution in [0.15, 0.2) is 78.9 Å². The molecule has 3 aromatic carbocycles. The molecule has 0 saturated heterocycles.